The van der Waals surface area contributed by atoms with Crippen LogP contribution >= 0.6 is 11.6 Å². The molecule has 1 fully saturated rings. The van der Waals surface area contributed by atoms with Gasteiger partial charge in [0.15, 0.2) is 5.65 Å². The summed E-state index contributed by atoms with van der Waals surface area (Å²) in [5, 5.41) is 25.2. The van der Waals surface area contributed by atoms with Gasteiger partial charge in [-0.05, 0) is 43.5 Å². The molecule has 10 nitrogen and oxygen atoms in total. The third-order valence-electron chi connectivity index (χ3n) is 6.40. The van der Waals surface area contributed by atoms with Gasteiger partial charge in [0, 0.05) is 24.2 Å². The molecule has 2 aliphatic rings. The summed E-state index contributed by atoms with van der Waals surface area (Å²) in [7, 11) is 1.86. The van der Waals surface area contributed by atoms with Gasteiger partial charge in [0.1, 0.15) is 11.9 Å². The second-order valence-corrected chi connectivity index (χ2v) is 9.09. The molecule has 172 valence electrons. The first kappa shape index (κ1) is 20.7. The van der Waals surface area contributed by atoms with Gasteiger partial charge < -0.3 is 5.11 Å². The van der Waals surface area contributed by atoms with Crippen LogP contribution in [0.5, 0.6) is 0 Å². The Hall–Kier alpha value is -3.92. The highest BCUT2D eigenvalue weighted by Gasteiger charge is 2.46. The van der Waals surface area contributed by atoms with Crippen LogP contribution < -0.4 is 10.2 Å². The summed E-state index contributed by atoms with van der Waals surface area (Å²) >= 11 is 6.15. The second kappa shape index (κ2) is 7.29. The maximum Gasteiger partial charge on any atom is 0.409 e. The van der Waals surface area contributed by atoms with E-state index in [1.807, 2.05) is 19.2 Å². The van der Waals surface area contributed by atoms with E-state index in [1.165, 1.54) is 0 Å². The number of benzene rings is 1. The van der Waals surface area contributed by atoms with Crippen molar-refractivity contribution in [2.45, 2.75) is 31.7 Å². The Balaban J connectivity index is 1.59. The summed E-state index contributed by atoms with van der Waals surface area (Å²) in [6, 6.07) is 8.53. The molecular formula is C23H20ClN7O3. The molecule has 0 radical (unpaired) electrons. The van der Waals surface area contributed by atoms with Gasteiger partial charge in [-0.25, -0.2) is 4.79 Å². The van der Waals surface area contributed by atoms with Gasteiger partial charge in [0.25, 0.3) is 5.91 Å². The zero-order chi connectivity index (χ0) is 23.7. The lowest BCUT2D eigenvalue weighted by molar-refractivity contribution is 0.0992. The number of halogens is 1. The SMILES string of the molecule is Cc1nnc2c(NC(=O)O)cc(N3C(=O)c4c(C5CC5)nn(C)c4C3c3ccc(Cl)cc3)cn12. The predicted octanol–water partition coefficient (Wildman–Crippen LogP) is 4.14. The zero-order valence-electron chi connectivity index (χ0n) is 18.4. The van der Waals surface area contributed by atoms with Crippen LogP contribution in [0.3, 0.4) is 0 Å². The Bertz CT molecular complexity index is 1490. The number of nitrogens with one attached hydrogen (secondary N) is 1. The molecule has 34 heavy (non-hydrogen) atoms. The van der Waals surface area contributed by atoms with Gasteiger partial charge in [0.2, 0.25) is 0 Å². The molecule has 6 rings (SSSR count). The first-order valence-corrected chi connectivity index (χ1v) is 11.2. The molecule has 3 aromatic heterocycles. The number of rotatable bonds is 4. The lowest BCUT2D eigenvalue weighted by Crippen LogP contribution is -2.30. The number of carbonyl (C=O) groups is 2. The number of pyridine rings is 1. The molecule has 1 atom stereocenters. The van der Waals surface area contributed by atoms with Gasteiger partial charge in [-0.15, -0.1) is 10.2 Å². The Labute approximate surface area is 198 Å². The third kappa shape index (κ3) is 3.06. The standard InChI is InChI=1S/C23H20ClN7O3/c1-11-26-27-21-16(25-23(33)34)9-15(10-30(11)21)31-19(13-5-7-14(24)8-6-13)20-17(22(31)32)18(12-3-4-12)28-29(20)2/h5-10,12,19,25H,3-4H2,1-2H3,(H,33,34). The number of fused-ring (bicyclic) bond motifs is 2. The Morgan fingerprint density at radius 2 is 1.94 bits per heavy atom. The highest BCUT2D eigenvalue weighted by Crippen LogP contribution is 2.49. The van der Waals surface area contributed by atoms with Gasteiger partial charge in [0.05, 0.1) is 28.3 Å². The van der Waals surface area contributed by atoms with E-state index in [9.17, 15) is 14.7 Å². The van der Waals surface area contributed by atoms with Crippen molar-refractivity contribution in [3.8, 4) is 0 Å². The number of carboxylic acid groups (broad SMARTS) is 1. The summed E-state index contributed by atoms with van der Waals surface area (Å²) < 4.78 is 3.47. The smallest absolute Gasteiger partial charge is 0.409 e. The van der Waals surface area contributed by atoms with Crippen LogP contribution in [0.25, 0.3) is 5.65 Å². The summed E-state index contributed by atoms with van der Waals surface area (Å²) in [4.78, 5) is 27.1. The fraction of sp³-hybridized carbons (Fsp3) is 0.261. The number of nitrogens with zero attached hydrogens (tertiary/aromatic N) is 6. The normalized spacial score (nSPS) is 17.4. The number of hydrogen-bond donors (Lipinski definition) is 2. The van der Waals surface area contributed by atoms with E-state index in [-0.39, 0.29) is 17.5 Å². The average molecular weight is 478 g/mol. The zero-order valence-corrected chi connectivity index (χ0v) is 19.1. The van der Waals surface area contributed by atoms with Crippen LogP contribution in [0.2, 0.25) is 5.02 Å². The van der Waals surface area contributed by atoms with Crippen molar-refractivity contribution in [1.29, 1.82) is 0 Å². The number of amides is 2. The van der Waals surface area contributed by atoms with Crippen LogP contribution in [-0.4, -0.2) is 41.5 Å². The molecule has 1 aromatic carbocycles. The van der Waals surface area contributed by atoms with Gasteiger partial charge in [-0.1, -0.05) is 23.7 Å². The van der Waals surface area contributed by atoms with Crippen molar-refractivity contribution in [1.82, 2.24) is 24.4 Å². The summed E-state index contributed by atoms with van der Waals surface area (Å²) in [5.41, 5.74) is 4.24. The fourth-order valence-electron chi connectivity index (χ4n) is 4.74. The molecule has 1 aliphatic heterocycles. The van der Waals surface area contributed by atoms with Crippen LogP contribution in [0.4, 0.5) is 16.2 Å². The largest absolute Gasteiger partial charge is 0.465 e. The minimum atomic E-state index is -1.23. The molecule has 2 N–H and O–H groups in total. The van der Waals surface area contributed by atoms with Crippen LogP contribution in [-0.2, 0) is 7.05 Å². The summed E-state index contributed by atoms with van der Waals surface area (Å²) in [6.07, 6.45) is 2.56. The molecule has 0 bridgehead atoms. The van der Waals surface area contributed by atoms with Crippen molar-refractivity contribution in [3.63, 3.8) is 0 Å². The molecule has 2 amide bonds. The Morgan fingerprint density at radius 1 is 1.21 bits per heavy atom. The van der Waals surface area contributed by atoms with Gasteiger partial charge >= 0.3 is 6.09 Å². The molecule has 0 spiro atoms. The van der Waals surface area contributed by atoms with E-state index in [1.54, 1.807) is 45.3 Å². The molecular weight excluding hydrogens is 458 g/mol. The van der Waals surface area contributed by atoms with Gasteiger partial charge in [-0.3, -0.25) is 24.1 Å². The minimum Gasteiger partial charge on any atom is -0.465 e. The first-order chi connectivity index (χ1) is 16.3. The van der Waals surface area contributed by atoms with E-state index in [2.05, 4.69) is 15.5 Å². The molecule has 11 heteroatoms. The van der Waals surface area contributed by atoms with Crippen molar-refractivity contribution >= 4 is 40.6 Å². The van der Waals surface area contributed by atoms with Crippen molar-refractivity contribution in [2.75, 3.05) is 10.2 Å². The number of anilines is 2. The second-order valence-electron chi connectivity index (χ2n) is 8.66. The summed E-state index contributed by atoms with van der Waals surface area (Å²) in [5.74, 6) is 0.686. The Morgan fingerprint density at radius 3 is 2.62 bits per heavy atom. The highest BCUT2D eigenvalue weighted by molar-refractivity contribution is 6.30. The lowest BCUT2D eigenvalue weighted by Gasteiger charge is -2.27. The van der Waals surface area contributed by atoms with Crippen LogP contribution in [0.15, 0.2) is 36.5 Å². The number of aryl methyl sites for hydroxylation is 2. The number of carbonyl (C=O) groups excluding carboxylic acids is 1. The van der Waals surface area contributed by atoms with E-state index in [4.69, 9.17) is 16.7 Å². The van der Waals surface area contributed by atoms with Gasteiger partial charge in [-0.2, -0.15) is 5.10 Å². The van der Waals surface area contributed by atoms with Crippen LogP contribution in [0, 0.1) is 6.92 Å². The highest BCUT2D eigenvalue weighted by atomic mass is 35.5. The quantitative estimate of drug-likeness (QED) is 0.456. The van der Waals surface area contributed by atoms with Crippen molar-refractivity contribution < 1.29 is 14.7 Å². The van der Waals surface area contributed by atoms with Crippen molar-refractivity contribution in [3.05, 3.63) is 69.9 Å². The summed E-state index contributed by atoms with van der Waals surface area (Å²) in [6.45, 7) is 1.76. The first-order valence-electron chi connectivity index (χ1n) is 10.8. The maximum absolute atomic E-state index is 14.0. The van der Waals surface area contributed by atoms with E-state index < -0.39 is 12.1 Å². The minimum absolute atomic E-state index is 0.170. The number of hydrogen-bond acceptors (Lipinski definition) is 5. The van der Waals surface area contributed by atoms with E-state index in [0.717, 1.165) is 29.8 Å². The predicted molar refractivity (Wildman–Crippen MR) is 125 cm³/mol. The molecule has 4 heterocycles. The van der Waals surface area contributed by atoms with Crippen molar-refractivity contribution in [2.24, 2.45) is 7.05 Å². The third-order valence-corrected chi connectivity index (χ3v) is 6.65. The van der Waals surface area contributed by atoms with E-state index in [0.29, 0.717) is 27.7 Å². The van der Waals surface area contributed by atoms with Crippen LogP contribution in [0.1, 0.15) is 57.9 Å². The topological polar surface area (TPSA) is 118 Å². The Kier molecular flexibility index (Phi) is 4.43. The van der Waals surface area contributed by atoms with E-state index >= 15 is 0 Å². The fourth-order valence-corrected chi connectivity index (χ4v) is 4.87. The number of aromatic nitrogens is 5. The average Bonchev–Trinajstić information content (AvgIpc) is 3.40. The lowest BCUT2D eigenvalue weighted by atomic mass is 10.0. The molecule has 4 aromatic rings. The maximum atomic E-state index is 14.0. The molecule has 0 saturated heterocycles. The molecule has 1 aliphatic carbocycles. The molecule has 1 unspecified atom stereocenters. The molecule has 1 saturated carbocycles. The monoisotopic (exact) mass is 477 g/mol.